The van der Waals surface area contributed by atoms with Crippen molar-refractivity contribution in [2.75, 3.05) is 19.7 Å². The molecule has 7 heteroatoms. The van der Waals surface area contributed by atoms with Crippen LogP contribution in [0.3, 0.4) is 0 Å². The number of rotatable bonds is 10. The number of carboxylic acid groups (broad SMARTS) is 1. The Balaban J connectivity index is 1.52. The second kappa shape index (κ2) is 10.8. The van der Waals surface area contributed by atoms with E-state index >= 15 is 0 Å². The van der Waals surface area contributed by atoms with Crippen LogP contribution in [0.25, 0.3) is 11.1 Å². The number of aliphatic carboxylic acids is 1. The van der Waals surface area contributed by atoms with Crippen molar-refractivity contribution in [1.82, 2.24) is 10.6 Å². The number of hydrogen-bond acceptors (Lipinski definition) is 4. The van der Waals surface area contributed by atoms with E-state index in [1.807, 2.05) is 38.1 Å². The van der Waals surface area contributed by atoms with Crippen LogP contribution in [0.1, 0.15) is 43.7 Å². The molecule has 2 amide bonds. The van der Waals surface area contributed by atoms with E-state index in [-0.39, 0.29) is 37.3 Å². The van der Waals surface area contributed by atoms with Gasteiger partial charge in [0.25, 0.3) is 0 Å². The fourth-order valence-electron chi connectivity index (χ4n) is 4.06. The molecule has 0 saturated heterocycles. The molecule has 7 nitrogen and oxygen atoms in total. The van der Waals surface area contributed by atoms with Gasteiger partial charge in [0.1, 0.15) is 6.61 Å². The number of hydrogen-bond donors (Lipinski definition) is 3. The van der Waals surface area contributed by atoms with E-state index in [4.69, 9.17) is 9.84 Å². The van der Waals surface area contributed by atoms with E-state index in [1.54, 1.807) is 0 Å². The number of ether oxygens (including phenoxy) is 1. The van der Waals surface area contributed by atoms with Gasteiger partial charge in [-0.05, 0) is 34.6 Å². The van der Waals surface area contributed by atoms with Gasteiger partial charge in [-0.15, -0.1) is 0 Å². The summed E-state index contributed by atoms with van der Waals surface area (Å²) >= 11 is 0. The van der Waals surface area contributed by atoms with Gasteiger partial charge in [-0.3, -0.25) is 9.59 Å². The average molecular weight is 439 g/mol. The van der Waals surface area contributed by atoms with Gasteiger partial charge in [0, 0.05) is 25.4 Å². The summed E-state index contributed by atoms with van der Waals surface area (Å²) in [5.41, 5.74) is 4.61. The minimum Gasteiger partial charge on any atom is -0.481 e. The molecule has 0 radical (unpaired) electrons. The zero-order valence-electron chi connectivity index (χ0n) is 18.5. The summed E-state index contributed by atoms with van der Waals surface area (Å²) in [6.45, 7) is 4.47. The monoisotopic (exact) mass is 438 g/mol. The third kappa shape index (κ3) is 5.66. The van der Waals surface area contributed by atoms with Crippen molar-refractivity contribution in [3.63, 3.8) is 0 Å². The van der Waals surface area contributed by atoms with Crippen molar-refractivity contribution in [1.29, 1.82) is 0 Å². The van der Waals surface area contributed by atoms with Crippen LogP contribution in [-0.4, -0.2) is 42.8 Å². The highest BCUT2D eigenvalue weighted by Crippen LogP contribution is 2.44. The maximum Gasteiger partial charge on any atom is 0.407 e. The van der Waals surface area contributed by atoms with E-state index in [1.165, 1.54) is 0 Å². The molecule has 170 valence electrons. The Morgan fingerprint density at radius 2 is 1.56 bits per heavy atom. The molecule has 0 heterocycles. The molecule has 2 aromatic rings. The summed E-state index contributed by atoms with van der Waals surface area (Å²) in [6.07, 6.45) is -0.188. The molecule has 0 saturated carbocycles. The lowest BCUT2D eigenvalue weighted by Crippen LogP contribution is -2.42. The Morgan fingerprint density at radius 3 is 2.12 bits per heavy atom. The predicted octanol–water partition coefficient (Wildman–Crippen LogP) is 3.78. The van der Waals surface area contributed by atoms with Crippen molar-refractivity contribution in [2.24, 2.45) is 11.8 Å². The number of carboxylic acids is 1. The van der Waals surface area contributed by atoms with Crippen LogP contribution in [0.4, 0.5) is 4.79 Å². The molecule has 1 unspecified atom stereocenters. The van der Waals surface area contributed by atoms with E-state index in [0.717, 1.165) is 22.3 Å². The molecule has 0 aromatic heterocycles. The van der Waals surface area contributed by atoms with Crippen LogP contribution in [0, 0.1) is 11.8 Å². The van der Waals surface area contributed by atoms with Crippen molar-refractivity contribution >= 4 is 18.0 Å². The molecule has 32 heavy (non-hydrogen) atoms. The maximum atomic E-state index is 12.4. The van der Waals surface area contributed by atoms with Crippen LogP contribution in [0.15, 0.2) is 48.5 Å². The molecule has 0 bridgehead atoms. The maximum absolute atomic E-state index is 12.4. The van der Waals surface area contributed by atoms with Gasteiger partial charge in [0.05, 0.1) is 5.92 Å². The number of alkyl carbamates (subject to hydrolysis) is 1. The topological polar surface area (TPSA) is 105 Å². The molecule has 0 aliphatic heterocycles. The SMILES string of the molecule is CC(C)C(CNC(=O)OCC1c2ccccc2-c2ccccc21)C(=O)NCCCC(=O)O. The molecule has 3 rings (SSSR count). The minimum absolute atomic E-state index is 0.00311. The molecule has 1 aliphatic carbocycles. The van der Waals surface area contributed by atoms with Gasteiger partial charge in [-0.1, -0.05) is 62.4 Å². The lowest BCUT2D eigenvalue weighted by Gasteiger charge is -2.21. The highest BCUT2D eigenvalue weighted by molar-refractivity contribution is 5.80. The number of nitrogens with one attached hydrogen (secondary N) is 2. The number of fused-ring (bicyclic) bond motifs is 3. The highest BCUT2D eigenvalue weighted by atomic mass is 16.5. The summed E-state index contributed by atoms with van der Waals surface area (Å²) in [4.78, 5) is 35.4. The van der Waals surface area contributed by atoms with Crippen molar-refractivity contribution in [2.45, 2.75) is 32.6 Å². The quantitative estimate of drug-likeness (QED) is 0.490. The van der Waals surface area contributed by atoms with E-state index in [0.29, 0.717) is 13.0 Å². The summed E-state index contributed by atoms with van der Waals surface area (Å²) in [6, 6.07) is 16.3. The van der Waals surface area contributed by atoms with Gasteiger partial charge < -0.3 is 20.5 Å². The first-order valence-corrected chi connectivity index (χ1v) is 11.0. The third-order valence-electron chi connectivity index (χ3n) is 5.82. The normalized spacial score (nSPS) is 13.2. The Kier molecular flexibility index (Phi) is 7.87. The minimum atomic E-state index is -0.892. The van der Waals surface area contributed by atoms with Crippen LogP contribution in [0.5, 0.6) is 0 Å². The number of benzene rings is 2. The summed E-state index contributed by atoms with van der Waals surface area (Å²) in [7, 11) is 0. The fourth-order valence-corrected chi connectivity index (χ4v) is 4.06. The second-order valence-electron chi connectivity index (χ2n) is 8.35. The van der Waals surface area contributed by atoms with Gasteiger partial charge in [-0.25, -0.2) is 4.79 Å². The van der Waals surface area contributed by atoms with E-state index in [2.05, 4.69) is 34.9 Å². The van der Waals surface area contributed by atoms with Gasteiger partial charge in [-0.2, -0.15) is 0 Å². The van der Waals surface area contributed by atoms with Crippen LogP contribution < -0.4 is 10.6 Å². The van der Waals surface area contributed by atoms with Crippen molar-refractivity contribution < 1.29 is 24.2 Å². The number of carbonyl (C=O) groups is 3. The largest absolute Gasteiger partial charge is 0.481 e. The number of amides is 2. The Bertz CT molecular complexity index is 927. The predicted molar refractivity (Wildman–Crippen MR) is 121 cm³/mol. The molecule has 0 spiro atoms. The summed E-state index contributed by atoms with van der Waals surface area (Å²) < 4.78 is 5.53. The first-order chi connectivity index (χ1) is 15.4. The summed E-state index contributed by atoms with van der Waals surface area (Å²) in [5, 5.41) is 14.1. The standard InChI is InChI=1S/C25H30N2O5/c1-16(2)21(24(30)26-13-7-12-23(28)29)14-27-25(31)32-15-22-19-10-5-3-8-17(19)18-9-4-6-11-20(18)22/h3-6,8-11,16,21-22H,7,12-15H2,1-2H3,(H,26,30)(H,27,31)(H,28,29). The smallest absolute Gasteiger partial charge is 0.407 e. The first-order valence-electron chi connectivity index (χ1n) is 11.0. The molecule has 2 aromatic carbocycles. The molecule has 1 aliphatic rings. The number of carbonyl (C=O) groups excluding carboxylic acids is 2. The van der Waals surface area contributed by atoms with Crippen LogP contribution >= 0.6 is 0 Å². The first kappa shape index (κ1) is 23.3. The molecular weight excluding hydrogens is 408 g/mol. The Hall–Kier alpha value is -3.35. The van der Waals surface area contributed by atoms with Gasteiger partial charge >= 0.3 is 12.1 Å². The summed E-state index contributed by atoms with van der Waals surface area (Å²) in [5.74, 6) is -1.55. The van der Waals surface area contributed by atoms with Gasteiger partial charge in [0.15, 0.2) is 0 Å². The zero-order chi connectivity index (χ0) is 23.1. The zero-order valence-corrected chi connectivity index (χ0v) is 18.5. The van der Waals surface area contributed by atoms with Crippen LogP contribution in [-0.2, 0) is 14.3 Å². The van der Waals surface area contributed by atoms with Crippen LogP contribution in [0.2, 0.25) is 0 Å². The van der Waals surface area contributed by atoms with Crippen molar-refractivity contribution in [3.05, 3.63) is 59.7 Å². The third-order valence-corrected chi connectivity index (χ3v) is 5.82. The average Bonchev–Trinajstić information content (AvgIpc) is 3.09. The lowest BCUT2D eigenvalue weighted by molar-refractivity contribution is -0.137. The molecule has 1 atom stereocenters. The highest BCUT2D eigenvalue weighted by Gasteiger charge is 2.29. The Morgan fingerprint density at radius 1 is 0.969 bits per heavy atom. The van der Waals surface area contributed by atoms with Crippen molar-refractivity contribution in [3.8, 4) is 11.1 Å². The molecule has 0 fully saturated rings. The Labute approximate surface area is 188 Å². The lowest BCUT2D eigenvalue weighted by atomic mass is 9.95. The van der Waals surface area contributed by atoms with E-state index < -0.39 is 18.0 Å². The molecule has 3 N–H and O–H groups in total. The fraction of sp³-hybridized carbons (Fsp3) is 0.400. The second-order valence-corrected chi connectivity index (χ2v) is 8.35. The molecular formula is C25H30N2O5. The van der Waals surface area contributed by atoms with E-state index in [9.17, 15) is 14.4 Å². The van der Waals surface area contributed by atoms with Gasteiger partial charge in [0.2, 0.25) is 5.91 Å².